The van der Waals surface area contributed by atoms with Gasteiger partial charge in [-0.15, -0.1) is 0 Å². The van der Waals surface area contributed by atoms with Gasteiger partial charge in [0.05, 0.1) is 17.3 Å². The van der Waals surface area contributed by atoms with Crippen LogP contribution >= 0.6 is 15.9 Å². The molecule has 7 nitrogen and oxygen atoms in total. The molecule has 2 N–H and O–H groups in total. The zero-order valence-corrected chi connectivity index (χ0v) is 16.2. The van der Waals surface area contributed by atoms with E-state index in [1.165, 1.54) is 5.01 Å². The van der Waals surface area contributed by atoms with Crippen LogP contribution in [-0.2, 0) is 20.9 Å². The Bertz CT molecular complexity index is 886. The maximum Gasteiger partial charge on any atom is 0.354 e. The Morgan fingerprint density at radius 1 is 1.26 bits per heavy atom. The second kappa shape index (κ2) is 8.22. The molecule has 1 aliphatic rings. The van der Waals surface area contributed by atoms with Crippen molar-refractivity contribution in [3.63, 3.8) is 0 Å². The Morgan fingerprint density at radius 2 is 2.00 bits per heavy atom. The molecule has 0 saturated heterocycles. The highest BCUT2D eigenvalue weighted by molar-refractivity contribution is 9.10. The molecule has 1 amide bonds. The van der Waals surface area contributed by atoms with Gasteiger partial charge in [0.25, 0.3) is 0 Å². The second-order valence-corrected chi connectivity index (χ2v) is 6.75. The summed E-state index contributed by atoms with van der Waals surface area (Å²) in [5, 5.41) is 5.72. The lowest BCUT2D eigenvalue weighted by Gasteiger charge is -2.20. The largest absolute Gasteiger partial charge is 0.496 e. The second-order valence-electron chi connectivity index (χ2n) is 5.89. The maximum atomic E-state index is 12.4. The highest BCUT2D eigenvalue weighted by Crippen LogP contribution is 2.27. The molecule has 1 heterocycles. The number of benzene rings is 2. The van der Waals surface area contributed by atoms with E-state index >= 15 is 0 Å². The first-order valence-corrected chi connectivity index (χ1v) is 8.99. The number of halogens is 1. The number of amides is 1. The quantitative estimate of drug-likeness (QED) is 0.709. The predicted octanol–water partition coefficient (Wildman–Crippen LogP) is 2.62. The van der Waals surface area contributed by atoms with E-state index in [0.29, 0.717) is 11.4 Å². The number of hydrazone groups is 1. The summed E-state index contributed by atoms with van der Waals surface area (Å²) in [4.78, 5) is 24.2. The first-order chi connectivity index (χ1) is 13.0. The molecule has 0 aliphatic carbocycles. The summed E-state index contributed by atoms with van der Waals surface area (Å²) in [6.45, 7) is 0.0764. The van der Waals surface area contributed by atoms with Crippen LogP contribution in [0.3, 0.4) is 0 Å². The van der Waals surface area contributed by atoms with Gasteiger partial charge in [-0.05, 0) is 45.8 Å². The van der Waals surface area contributed by atoms with Gasteiger partial charge in [-0.2, -0.15) is 5.10 Å². The van der Waals surface area contributed by atoms with Gasteiger partial charge in [-0.3, -0.25) is 9.80 Å². The molecule has 0 fully saturated rings. The van der Waals surface area contributed by atoms with E-state index in [2.05, 4.69) is 21.0 Å². The van der Waals surface area contributed by atoms with Crippen molar-refractivity contribution < 1.29 is 19.1 Å². The molecule has 8 heteroatoms. The Labute approximate surface area is 164 Å². The van der Waals surface area contributed by atoms with Gasteiger partial charge in [0.2, 0.25) is 5.91 Å². The summed E-state index contributed by atoms with van der Waals surface area (Å²) in [6, 6.07) is 13.8. The van der Waals surface area contributed by atoms with Gasteiger partial charge in [-0.1, -0.05) is 24.3 Å². The molecule has 140 valence electrons. The third-order valence-corrected chi connectivity index (χ3v) is 4.70. The molecule has 0 radical (unpaired) electrons. The minimum absolute atomic E-state index is 0.0764. The standard InChI is InChI=1S/C19H18BrN3O4/c1-26-17-8-7-12(9-14(17)20)11-27-19(25)15-10-16(18(21)24)23(22-15)13-5-3-2-4-6-13/h2-9,16H,10-11H2,1H3,(H2,21,24). The fourth-order valence-corrected chi connectivity index (χ4v) is 3.29. The number of nitrogens with two attached hydrogens (primary N) is 1. The minimum atomic E-state index is -0.718. The number of primary amides is 1. The first kappa shape index (κ1) is 18.9. The van der Waals surface area contributed by atoms with E-state index in [0.717, 1.165) is 10.0 Å². The van der Waals surface area contributed by atoms with E-state index in [-0.39, 0.29) is 18.7 Å². The number of esters is 1. The molecular formula is C19H18BrN3O4. The first-order valence-electron chi connectivity index (χ1n) is 8.20. The third kappa shape index (κ3) is 4.28. The van der Waals surface area contributed by atoms with E-state index in [4.69, 9.17) is 15.2 Å². The van der Waals surface area contributed by atoms with Crippen LogP contribution in [0, 0.1) is 0 Å². The lowest BCUT2D eigenvalue weighted by atomic mass is 10.1. The van der Waals surface area contributed by atoms with Gasteiger partial charge < -0.3 is 15.2 Å². The van der Waals surface area contributed by atoms with Crippen LogP contribution in [-0.4, -0.2) is 30.7 Å². The molecule has 1 atom stereocenters. The highest BCUT2D eigenvalue weighted by atomic mass is 79.9. The molecule has 0 spiro atoms. The Kier molecular flexibility index (Phi) is 5.75. The number of carbonyl (C=O) groups is 2. The maximum absolute atomic E-state index is 12.4. The number of rotatable bonds is 6. The zero-order chi connectivity index (χ0) is 19.4. The van der Waals surface area contributed by atoms with Crippen LogP contribution < -0.4 is 15.5 Å². The monoisotopic (exact) mass is 431 g/mol. The molecule has 3 rings (SSSR count). The SMILES string of the molecule is COc1ccc(COC(=O)C2=NN(c3ccccc3)C(C(N)=O)C2)cc1Br. The van der Waals surface area contributed by atoms with Crippen LogP contribution in [0.4, 0.5) is 5.69 Å². The van der Waals surface area contributed by atoms with Crippen molar-refractivity contribution in [1.82, 2.24) is 0 Å². The summed E-state index contributed by atoms with van der Waals surface area (Å²) in [5.74, 6) is -0.441. The van der Waals surface area contributed by atoms with E-state index in [9.17, 15) is 9.59 Å². The lowest BCUT2D eigenvalue weighted by Crippen LogP contribution is -2.39. The van der Waals surface area contributed by atoms with E-state index in [1.807, 2.05) is 24.3 Å². The van der Waals surface area contributed by atoms with Crippen LogP contribution in [0.15, 0.2) is 58.1 Å². The molecule has 2 aromatic carbocycles. The topological polar surface area (TPSA) is 94.2 Å². The van der Waals surface area contributed by atoms with E-state index < -0.39 is 17.9 Å². The molecule has 0 saturated carbocycles. The van der Waals surface area contributed by atoms with Crippen LogP contribution in [0.1, 0.15) is 12.0 Å². The van der Waals surface area contributed by atoms with Gasteiger partial charge >= 0.3 is 5.97 Å². The number of hydrogen-bond acceptors (Lipinski definition) is 6. The van der Waals surface area contributed by atoms with Crippen molar-refractivity contribution in [3.8, 4) is 5.75 Å². The zero-order valence-electron chi connectivity index (χ0n) is 14.6. The smallest absolute Gasteiger partial charge is 0.354 e. The summed E-state index contributed by atoms with van der Waals surface area (Å²) in [6.07, 6.45) is 0.107. The summed E-state index contributed by atoms with van der Waals surface area (Å²) < 4.78 is 11.3. The number of hydrogen-bond donors (Lipinski definition) is 1. The van der Waals surface area contributed by atoms with Crippen LogP contribution in [0.5, 0.6) is 5.75 Å². The fourth-order valence-electron chi connectivity index (χ4n) is 2.71. The third-order valence-electron chi connectivity index (χ3n) is 4.08. The molecule has 2 aromatic rings. The number of carbonyl (C=O) groups excluding carboxylic acids is 2. The Hall–Kier alpha value is -2.87. The van der Waals surface area contributed by atoms with Crippen molar-refractivity contribution in [1.29, 1.82) is 0 Å². The molecule has 1 unspecified atom stereocenters. The number of ether oxygens (including phenoxy) is 2. The Balaban J connectivity index is 1.71. The average Bonchev–Trinajstić information content (AvgIpc) is 3.13. The van der Waals surface area contributed by atoms with Gasteiger partial charge in [0, 0.05) is 6.42 Å². The summed E-state index contributed by atoms with van der Waals surface area (Å²) in [5.41, 5.74) is 7.11. The molecule has 27 heavy (non-hydrogen) atoms. The molecule has 0 aromatic heterocycles. The molecular weight excluding hydrogens is 414 g/mol. The van der Waals surface area contributed by atoms with Crippen LogP contribution in [0.2, 0.25) is 0 Å². The van der Waals surface area contributed by atoms with Gasteiger partial charge in [0.15, 0.2) is 0 Å². The van der Waals surface area contributed by atoms with Crippen molar-refractivity contribution in [2.24, 2.45) is 10.8 Å². The average molecular weight is 432 g/mol. The number of nitrogens with zero attached hydrogens (tertiary/aromatic N) is 2. The van der Waals surface area contributed by atoms with Gasteiger partial charge in [0.1, 0.15) is 24.1 Å². The summed E-state index contributed by atoms with van der Waals surface area (Å²) in [7, 11) is 1.58. The lowest BCUT2D eigenvalue weighted by molar-refractivity contribution is -0.136. The number of para-hydroxylation sites is 1. The Morgan fingerprint density at radius 3 is 2.63 bits per heavy atom. The number of anilines is 1. The normalized spacial score (nSPS) is 16.0. The van der Waals surface area contributed by atoms with E-state index in [1.54, 1.807) is 31.4 Å². The van der Waals surface area contributed by atoms with Crippen molar-refractivity contribution in [3.05, 3.63) is 58.6 Å². The molecule has 1 aliphatic heterocycles. The minimum Gasteiger partial charge on any atom is -0.496 e. The fraction of sp³-hybridized carbons (Fsp3) is 0.211. The van der Waals surface area contributed by atoms with Crippen molar-refractivity contribution in [2.75, 3.05) is 12.1 Å². The summed E-state index contributed by atoms with van der Waals surface area (Å²) >= 11 is 3.39. The molecule has 0 bridgehead atoms. The number of methoxy groups -OCH3 is 1. The van der Waals surface area contributed by atoms with Crippen LogP contribution in [0.25, 0.3) is 0 Å². The predicted molar refractivity (Wildman–Crippen MR) is 104 cm³/mol. The van der Waals surface area contributed by atoms with Crippen molar-refractivity contribution >= 4 is 39.2 Å². The highest BCUT2D eigenvalue weighted by Gasteiger charge is 2.35. The van der Waals surface area contributed by atoms with Gasteiger partial charge in [-0.25, -0.2) is 4.79 Å². The van der Waals surface area contributed by atoms with Crippen molar-refractivity contribution in [2.45, 2.75) is 19.1 Å².